The van der Waals surface area contributed by atoms with Crippen molar-refractivity contribution in [1.82, 2.24) is 4.98 Å². The van der Waals surface area contributed by atoms with Crippen LogP contribution >= 0.6 is 0 Å². The zero-order valence-electron chi connectivity index (χ0n) is 15.8. The first kappa shape index (κ1) is 17.6. The van der Waals surface area contributed by atoms with Gasteiger partial charge in [-0.2, -0.15) is 0 Å². The Kier molecular flexibility index (Phi) is 4.13. The Morgan fingerprint density at radius 2 is 1.69 bits per heavy atom. The second kappa shape index (κ2) is 6.82. The van der Waals surface area contributed by atoms with E-state index in [2.05, 4.69) is 17.1 Å². The normalized spacial score (nSPS) is 16.1. The van der Waals surface area contributed by atoms with E-state index in [-0.39, 0.29) is 17.3 Å². The van der Waals surface area contributed by atoms with Gasteiger partial charge in [-0.05, 0) is 47.7 Å². The Hall–Kier alpha value is -3.53. The molecule has 2 aliphatic rings. The number of carbonyl (C=O) groups excluding carboxylic acids is 1. The number of hydrogen-bond acceptors (Lipinski definition) is 3. The lowest BCUT2D eigenvalue weighted by Gasteiger charge is -2.20. The van der Waals surface area contributed by atoms with Crippen molar-refractivity contribution >= 4 is 33.6 Å². The Morgan fingerprint density at radius 3 is 2.48 bits per heavy atom. The topological polar surface area (TPSA) is 67.3 Å². The molecule has 142 valence electrons. The highest BCUT2D eigenvalue weighted by Gasteiger charge is 2.24. The van der Waals surface area contributed by atoms with E-state index in [0.717, 1.165) is 17.5 Å². The molecule has 0 fully saturated rings. The van der Waals surface area contributed by atoms with Gasteiger partial charge in [0, 0.05) is 23.1 Å². The molecule has 3 aromatic carbocycles. The van der Waals surface area contributed by atoms with Crippen molar-refractivity contribution in [3.63, 3.8) is 0 Å². The van der Waals surface area contributed by atoms with Crippen molar-refractivity contribution in [3.8, 4) is 0 Å². The fraction of sp³-hybridized carbons (Fsp3) is 0.160. The van der Waals surface area contributed by atoms with Gasteiger partial charge in [0.25, 0.3) is 0 Å². The van der Waals surface area contributed by atoms with Gasteiger partial charge in [0.1, 0.15) is 5.78 Å². The average Bonchev–Trinajstić information content (AvgIpc) is 2.73. The van der Waals surface area contributed by atoms with Gasteiger partial charge in [-0.3, -0.25) is 4.79 Å². The lowest BCUT2D eigenvalue weighted by Crippen LogP contribution is -2.18. The number of benzene rings is 3. The number of hydrogen-bond donors (Lipinski definition) is 1. The Labute approximate surface area is 167 Å². The summed E-state index contributed by atoms with van der Waals surface area (Å²) in [7, 11) is 0. The molecule has 4 nitrogen and oxygen atoms in total. The van der Waals surface area contributed by atoms with Crippen LogP contribution in [0.4, 0.5) is 0 Å². The van der Waals surface area contributed by atoms with E-state index in [0.29, 0.717) is 34.6 Å². The standard InChI is InChI=1S/C25H19NO3/c27-23-12-8-15-5-9-17(10-6-15)19(23)13-16-7-11-22-20(14-16)24(25(28)29)18-3-1-2-4-21(18)26-22/h1-7,9-11,14,19H,8,12-13H2,(H,28,29). The third kappa shape index (κ3) is 3.07. The van der Waals surface area contributed by atoms with Gasteiger partial charge in [-0.1, -0.05) is 48.5 Å². The molecule has 1 atom stereocenters. The molecule has 1 aromatic heterocycles. The van der Waals surface area contributed by atoms with E-state index in [1.165, 1.54) is 5.56 Å². The molecule has 6 rings (SSSR count). The number of carboxylic acids is 1. The van der Waals surface area contributed by atoms with Crippen LogP contribution < -0.4 is 0 Å². The van der Waals surface area contributed by atoms with Crippen LogP contribution in [0.1, 0.15) is 39.4 Å². The van der Waals surface area contributed by atoms with E-state index >= 15 is 0 Å². The minimum atomic E-state index is -0.969. The van der Waals surface area contributed by atoms with Crippen molar-refractivity contribution < 1.29 is 14.7 Å². The monoisotopic (exact) mass is 381 g/mol. The fourth-order valence-electron chi connectivity index (χ4n) is 4.31. The van der Waals surface area contributed by atoms with E-state index in [1.807, 2.05) is 48.5 Å². The quantitative estimate of drug-likeness (QED) is 0.511. The molecular formula is C25H19NO3. The van der Waals surface area contributed by atoms with Crippen molar-refractivity contribution in [2.45, 2.75) is 25.2 Å². The van der Waals surface area contributed by atoms with Crippen LogP contribution in [-0.4, -0.2) is 21.8 Å². The number of para-hydroxylation sites is 1. The van der Waals surface area contributed by atoms with Gasteiger partial charge in [-0.15, -0.1) is 0 Å². The number of fused-ring (bicyclic) bond motifs is 7. The van der Waals surface area contributed by atoms with Crippen LogP contribution in [0.3, 0.4) is 0 Å². The number of carboxylic acid groups (broad SMARTS) is 1. The Bertz CT molecular complexity index is 1270. The number of rotatable bonds is 3. The summed E-state index contributed by atoms with van der Waals surface area (Å²) in [6.07, 6.45) is 1.87. The number of aryl methyl sites for hydroxylation is 1. The van der Waals surface area contributed by atoms with Gasteiger partial charge in [0.05, 0.1) is 16.6 Å². The average molecular weight is 381 g/mol. The molecule has 0 saturated heterocycles. The molecule has 2 aliphatic carbocycles. The van der Waals surface area contributed by atoms with Gasteiger partial charge in [-0.25, -0.2) is 9.78 Å². The molecular weight excluding hydrogens is 362 g/mol. The van der Waals surface area contributed by atoms with Crippen molar-refractivity contribution in [1.29, 1.82) is 0 Å². The molecule has 2 bridgehead atoms. The highest BCUT2D eigenvalue weighted by molar-refractivity contribution is 6.13. The summed E-state index contributed by atoms with van der Waals surface area (Å²) in [5.74, 6) is -0.937. The van der Waals surface area contributed by atoms with Crippen LogP contribution in [0.5, 0.6) is 0 Å². The van der Waals surface area contributed by atoms with E-state index in [9.17, 15) is 14.7 Å². The zero-order chi connectivity index (χ0) is 20.0. The number of pyridine rings is 1. The lowest BCUT2D eigenvalue weighted by molar-refractivity contribution is -0.120. The molecule has 1 heterocycles. The van der Waals surface area contributed by atoms with Crippen LogP contribution in [0.25, 0.3) is 21.8 Å². The molecule has 0 radical (unpaired) electrons. The van der Waals surface area contributed by atoms with Gasteiger partial charge in [0.2, 0.25) is 0 Å². The highest BCUT2D eigenvalue weighted by Crippen LogP contribution is 2.31. The molecule has 1 N–H and O–H groups in total. The summed E-state index contributed by atoms with van der Waals surface area (Å²) in [6.45, 7) is 0. The molecule has 0 aliphatic heterocycles. The summed E-state index contributed by atoms with van der Waals surface area (Å²) in [4.78, 5) is 29.5. The number of aromatic carboxylic acids is 1. The summed E-state index contributed by atoms with van der Waals surface area (Å²) >= 11 is 0. The minimum absolute atomic E-state index is 0.205. The smallest absolute Gasteiger partial charge is 0.337 e. The van der Waals surface area contributed by atoms with E-state index in [4.69, 9.17) is 0 Å². The first-order valence-corrected chi connectivity index (χ1v) is 9.76. The second-order valence-corrected chi connectivity index (χ2v) is 7.63. The summed E-state index contributed by atoms with van der Waals surface area (Å²) in [5, 5.41) is 11.1. The third-order valence-electron chi connectivity index (χ3n) is 5.83. The van der Waals surface area contributed by atoms with Crippen molar-refractivity contribution in [3.05, 3.63) is 89.0 Å². The predicted molar refractivity (Wildman–Crippen MR) is 112 cm³/mol. The molecule has 4 aromatic rings. The predicted octanol–water partition coefficient (Wildman–Crippen LogP) is 4.93. The summed E-state index contributed by atoms with van der Waals surface area (Å²) in [5.41, 5.74) is 4.74. The van der Waals surface area contributed by atoms with Gasteiger partial charge < -0.3 is 5.11 Å². The molecule has 29 heavy (non-hydrogen) atoms. The SMILES string of the molecule is O=C(O)c1c2ccccc2nc2ccc(CC3C(=O)CCc4ccc3cc4)cc12. The van der Waals surface area contributed by atoms with Crippen molar-refractivity contribution in [2.24, 2.45) is 0 Å². The lowest BCUT2D eigenvalue weighted by atomic mass is 9.83. The maximum atomic E-state index is 12.8. The second-order valence-electron chi connectivity index (χ2n) is 7.63. The Balaban J connectivity index is 1.63. The molecule has 0 saturated carbocycles. The zero-order valence-corrected chi connectivity index (χ0v) is 15.8. The highest BCUT2D eigenvalue weighted by atomic mass is 16.4. The largest absolute Gasteiger partial charge is 0.478 e. The number of Topliss-reactive ketones (excluding diaryl/α,β-unsaturated/α-hetero) is 1. The summed E-state index contributed by atoms with van der Waals surface area (Å²) < 4.78 is 0. The molecule has 4 heteroatoms. The number of carbonyl (C=O) groups is 2. The molecule has 1 unspecified atom stereocenters. The number of nitrogens with zero attached hydrogens (tertiary/aromatic N) is 1. The van der Waals surface area contributed by atoms with E-state index < -0.39 is 5.97 Å². The first-order chi connectivity index (χ1) is 14.1. The fourth-order valence-corrected chi connectivity index (χ4v) is 4.31. The summed E-state index contributed by atoms with van der Waals surface area (Å²) in [6, 6.07) is 21.3. The number of aromatic nitrogens is 1. The van der Waals surface area contributed by atoms with Crippen LogP contribution in [0, 0.1) is 0 Å². The van der Waals surface area contributed by atoms with Crippen LogP contribution in [0.15, 0.2) is 66.7 Å². The van der Waals surface area contributed by atoms with Crippen LogP contribution in [-0.2, 0) is 17.6 Å². The van der Waals surface area contributed by atoms with Crippen LogP contribution in [0.2, 0.25) is 0 Å². The maximum Gasteiger partial charge on any atom is 0.337 e. The van der Waals surface area contributed by atoms with E-state index in [1.54, 1.807) is 6.07 Å². The van der Waals surface area contributed by atoms with Gasteiger partial charge in [0.15, 0.2) is 0 Å². The van der Waals surface area contributed by atoms with Crippen molar-refractivity contribution in [2.75, 3.05) is 0 Å². The Morgan fingerprint density at radius 1 is 0.931 bits per heavy atom. The minimum Gasteiger partial charge on any atom is -0.478 e. The first-order valence-electron chi connectivity index (χ1n) is 9.76. The van der Waals surface area contributed by atoms with Gasteiger partial charge >= 0.3 is 5.97 Å². The maximum absolute atomic E-state index is 12.8. The molecule has 0 amide bonds. The molecule has 0 spiro atoms. The number of ketones is 1. The third-order valence-corrected chi connectivity index (χ3v) is 5.83.